The molecule has 0 amide bonds. The van der Waals surface area contributed by atoms with E-state index in [0.717, 1.165) is 6.54 Å². The van der Waals surface area contributed by atoms with Gasteiger partial charge >= 0.3 is 0 Å². The summed E-state index contributed by atoms with van der Waals surface area (Å²) >= 11 is 0. The third-order valence-electron chi connectivity index (χ3n) is 7.26. The van der Waals surface area contributed by atoms with Crippen molar-refractivity contribution in [1.29, 1.82) is 0 Å². The lowest BCUT2D eigenvalue weighted by molar-refractivity contribution is 0.156. The maximum absolute atomic E-state index is 3.98. The van der Waals surface area contributed by atoms with Gasteiger partial charge in [-0.25, -0.2) is 0 Å². The Bertz CT molecular complexity index is 773. The van der Waals surface area contributed by atoms with Crippen LogP contribution in [0.2, 0.25) is 0 Å². The first kappa shape index (κ1) is 15.5. The number of allylic oxidation sites excluding steroid dienone is 4. The van der Waals surface area contributed by atoms with E-state index in [2.05, 4.69) is 73.0 Å². The Morgan fingerprint density at radius 2 is 2.04 bits per heavy atom. The molecule has 1 aromatic rings. The van der Waals surface area contributed by atoms with Crippen LogP contribution in [0, 0.1) is 17.8 Å². The molecule has 130 valence electrons. The van der Waals surface area contributed by atoms with E-state index in [1.165, 1.54) is 36.1 Å². The predicted molar refractivity (Wildman–Crippen MR) is 103 cm³/mol. The molecule has 5 atom stereocenters. The molecule has 1 aromatic carbocycles. The molecule has 0 spiro atoms. The van der Waals surface area contributed by atoms with Crippen LogP contribution in [0.15, 0.2) is 65.4 Å². The van der Waals surface area contributed by atoms with Crippen LogP contribution in [0.25, 0.3) is 0 Å². The van der Waals surface area contributed by atoms with E-state index in [1.54, 1.807) is 5.57 Å². The first-order chi connectivity index (χ1) is 12.1. The molecular weight excluding hydrogens is 304 g/mol. The quantitative estimate of drug-likeness (QED) is 0.856. The summed E-state index contributed by atoms with van der Waals surface area (Å²) in [6.07, 6.45) is 10.7. The van der Waals surface area contributed by atoms with Crippen molar-refractivity contribution in [2.45, 2.75) is 44.7 Å². The summed E-state index contributed by atoms with van der Waals surface area (Å²) in [5, 5.41) is 7.84. The van der Waals surface area contributed by atoms with Gasteiger partial charge in [-0.1, -0.05) is 55.0 Å². The molecule has 2 fully saturated rings. The van der Waals surface area contributed by atoms with Crippen molar-refractivity contribution in [3.8, 4) is 0 Å². The lowest BCUT2D eigenvalue weighted by Crippen LogP contribution is -2.56. The van der Waals surface area contributed by atoms with Crippen LogP contribution in [0.4, 0.5) is 0 Å². The molecule has 2 nitrogen and oxygen atoms in total. The second kappa shape index (κ2) is 5.60. The third kappa shape index (κ3) is 2.42. The van der Waals surface area contributed by atoms with Gasteiger partial charge < -0.3 is 10.6 Å². The first-order valence-corrected chi connectivity index (χ1v) is 9.80. The summed E-state index contributed by atoms with van der Waals surface area (Å²) in [7, 11) is 0. The van der Waals surface area contributed by atoms with E-state index in [4.69, 9.17) is 0 Å². The fourth-order valence-electron chi connectivity index (χ4n) is 5.64. The molecule has 0 aromatic heterocycles. The highest BCUT2D eigenvalue weighted by Crippen LogP contribution is 2.50. The second-order valence-electron chi connectivity index (χ2n) is 8.66. The van der Waals surface area contributed by atoms with Gasteiger partial charge in [-0.05, 0) is 55.2 Å². The molecule has 1 saturated carbocycles. The average molecular weight is 332 g/mol. The van der Waals surface area contributed by atoms with E-state index in [-0.39, 0.29) is 5.54 Å². The Morgan fingerprint density at radius 3 is 2.88 bits per heavy atom. The lowest BCUT2D eigenvalue weighted by atomic mass is 9.65. The zero-order valence-electron chi connectivity index (χ0n) is 15.3. The van der Waals surface area contributed by atoms with Gasteiger partial charge in [0, 0.05) is 29.7 Å². The van der Waals surface area contributed by atoms with Crippen molar-refractivity contribution >= 4 is 0 Å². The van der Waals surface area contributed by atoms with Gasteiger partial charge in [-0.3, -0.25) is 0 Å². The van der Waals surface area contributed by atoms with E-state index in [1.807, 2.05) is 0 Å². The minimum Gasteiger partial charge on any atom is -0.385 e. The highest BCUT2D eigenvalue weighted by Gasteiger charge is 2.50. The summed E-state index contributed by atoms with van der Waals surface area (Å²) in [5.41, 5.74) is 6.27. The summed E-state index contributed by atoms with van der Waals surface area (Å²) in [4.78, 5) is 0. The van der Waals surface area contributed by atoms with E-state index < -0.39 is 0 Å². The minimum absolute atomic E-state index is 0.163. The summed E-state index contributed by atoms with van der Waals surface area (Å²) in [6, 6.07) is 11.6. The van der Waals surface area contributed by atoms with Crippen molar-refractivity contribution in [2.24, 2.45) is 17.8 Å². The monoisotopic (exact) mass is 332 g/mol. The lowest BCUT2D eigenvalue weighted by Gasteiger charge is -2.45. The van der Waals surface area contributed by atoms with Crippen molar-refractivity contribution in [2.75, 3.05) is 6.54 Å². The van der Waals surface area contributed by atoms with Crippen molar-refractivity contribution in [3.63, 3.8) is 0 Å². The topological polar surface area (TPSA) is 24.1 Å². The van der Waals surface area contributed by atoms with Crippen LogP contribution < -0.4 is 10.6 Å². The van der Waals surface area contributed by atoms with Gasteiger partial charge in [0.05, 0.1) is 0 Å². The van der Waals surface area contributed by atoms with Crippen LogP contribution >= 0.6 is 0 Å². The normalized spacial score (nSPS) is 40.0. The summed E-state index contributed by atoms with van der Waals surface area (Å²) in [6.45, 7) is 5.88. The standard InChI is InChI=1S/C23H28N2/c1-15-22-20(11-16-7-4-3-5-8-16)19-12-18-14-23(15,2)24-10-6-9-17(18)13-21(19)25-22/h3-9,13,15,19-20,22,24-25H,10-12,14H2,1-2H3/b9-6-. The van der Waals surface area contributed by atoms with E-state index in [0.29, 0.717) is 23.8 Å². The predicted octanol–water partition coefficient (Wildman–Crippen LogP) is 3.98. The molecule has 25 heavy (non-hydrogen) atoms. The first-order valence-electron chi connectivity index (χ1n) is 9.80. The van der Waals surface area contributed by atoms with E-state index >= 15 is 0 Å². The molecule has 5 unspecified atom stereocenters. The Hall–Kier alpha value is -1.80. The maximum atomic E-state index is 3.98. The number of hydrogen-bond acceptors (Lipinski definition) is 2. The molecule has 4 aliphatic rings. The Labute approximate surface area is 151 Å². The van der Waals surface area contributed by atoms with Crippen LogP contribution in [0.3, 0.4) is 0 Å². The highest BCUT2D eigenvalue weighted by atomic mass is 15.1. The zero-order valence-corrected chi connectivity index (χ0v) is 15.3. The number of benzene rings is 1. The average Bonchev–Trinajstić information content (AvgIpc) is 2.96. The minimum atomic E-state index is 0.163. The molecule has 2 heteroatoms. The molecule has 2 N–H and O–H groups in total. The SMILES string of the molecule is CC1C2NC3=CC4=C(CC3C2Cc2ccccc2)CC1(C)NC/C=C\4. The molecule has 2 aliphatic carbocycles. The van der Waals surface area contributed by atoms with Gasteiger partial charge in [0.25, 0.3) is 0 Å². The second-order valence-corrected chi connectivity index (χ2v) is 8.66. The number of nitrogens with one attached hydrogen (secondary N) is 2. The van der Waals surface area contributed by atoms with Crippen LogP contribution in [0.1, 0.15) is 32.3 Å². The summed E-state index contributed by atoms with van der Waals surface area (Å²) < 4.78 is 0. The molecule has 5 rings (SSSR count). The summed E-state index contributed by atoms with van der Waals surface area (Å²) in [5.74, 6) is 1.95. The van der Waals surface area contributed by atoms with Crippen LogP contribution in [-0.2, 0) is 6.42 Å². The van der Waals surface area contributed by atoms with Gasteiger partial charge in [-0.2, -0.15) is 0 Å². The molecule has 4 bridgehead atoms. The molecule has 2 heterocycles. The van der Waals surface area contributed by atoms with Crippen molar-refractivity contribution in [1.82, 2.24) is 10.6 Å². The molecular formula is C23H28N2. The Morgan fingerprint density at radius 1 is 1.20 bits per heavy atom. The zero-order chi connectivity index (χ0) is 17.0. The Kier molecular flexibility index (Phi) is 3.46. The smallest absolute Gasteiger partial charge is 0.0339 e. The van der Waals surface area contributed by atoms with Gasteiger partial charge in [0.2, 0.25) is 0 Å². The largest absolute Gasteiger partial charge is 0.385 e. The molecule has 2 aliphatic heterocycles. The molecule has 1 saturated heterocycles. The fourth-order valence-corrected chi connectivity index (χ4v) is 5.64. The van der Waals surface area contributed by atoms with Gasteiger partial charge in [0.1, 0.15) is 0 Å². The van der Waals surface area contributed by atoms with Crippen LogP contribution in [0.5, 0.6) is 0 Å². The van der Waals surface area contributed by atoms with Gasteiger partial charge in [0.15, 0.2) is 0 Å². The van der Waals surface area contributed by atoms with Gasteiger partial charge in [-0.15, -0.1) is 0 Å². The highest BCUT2D eigenvalue weighted by molar-refractivity contribution is 5.46. The maximum Gasteiger partial charge on any atom is 0.0339 e. The number of hydrogen-bond donors (Lipinski definition) is 2. The molecule has 0 radical (unpaired) electrons. The number of rotatable bonds is 2. The fraction of sp³-hybridized carbons (Fsp3) is 0.478. The van der Waals surface area contributed by atoms with E-state index in [9.17, 15) is 0 Å². The van der Waals surface area contributed by atoms with Crippen molar-refractivity contribution < 1.29 is 0 Å². The van der Waals surface area contributed by atoms with Crippen molar-refractivity contribution in [3.05, 3.63) is 71.0 Å². The third-order valence-corrected chi connectivity index (χ3v) is 7.26. The Balaban J connectivity index is 1.59. The van der Waals surface area contributed by atoms with Crippen LogP contribution in [-0.4, -0.2) is 18.1 Å². The number of fused-ring (bicyclic) bond motifs is 2.